The first kappa shape index (κ1) is 14.2. The zero-order valence-corrected chi connectivity index (χ0v) is 11.6. The molecule has 1 aromatic carbocycles. The zero-order valence-electron chi connectivity index (χ0n) is 10.9. The molecule has 0 atom stereocenters. The number of hydrogen-bond donors (Lipinski definition) is 0. The Balaban J connectivity index is 2.04. The number of benzene rings is 1. The van der Waals surface area contributed by atoms with E-state index in [0.29, 0.717) is 16.5 Å². The molecule has 0 N–H and O–H groups in total. The Kier molecular flexibility index (Phi) is 4.80. The van der Waals surface area contributed by atoms with Crippen LogP contribution in [0.3, 0.4) is 0 Å². The lowest BCUT2D eigenvalue weighted by molar-refractivity contribution is -0.134. The minimum Gasteiger partial charge on any atom is -0.466 e. The van der Waals surface area contributed by atoms with E-state index in [1.165, 1.54) is 13.2 Å². The second-order valence-corrected chi connectivity index (χ2v) is 4.42. The summed E-state index contributed by atoms with van der Waals surface area (Å²) in [6.45, 7) is 0. The van der Waals surface area contributed by atoms with Crippen LogP contribution in [0, 0.1) is 0 Å². The maximum Gasteiger partial charge on any atom is 0.330 e. The molecule has 3 nitrogen and oxygen atoms in total. The van der Waals surface area contributed by atoms with Gasteiger partial charge in [-0.25, -0.2) is 4.79 Å². The number of rotatable bonds is 4. The van der Waals surface area contributed by atoms with Crippen LogP contribution < -0.4 is 0 Å². The Morgan fingerprint density at radius 2 is 1.70 bits per heavy atom. The quantitative estimate of drug-likeness (QED) is 0.622. The normalized spacial score (nSPS) is 11.3. The van der Waals surface area contributed by atoms with Gasteiger partial charge in [0.05, 0.1) is 7.11 Å². The van der Waals surface area contributed by atoms with Gasteiger partial charge in [-0.1, -0.05) is 29.8 Å². The van der Waals surface area contributed by atoms with Gasteiger partial charge in [-0.3, -0.25) is 0 Å². The Hall–Kier alpha value is -2.26. The van der Waals surface area contributed by atoms with Crippen molar-refractivity contribution in [3.8, 4) is 0 Å². The third-order valence-electron chi connectivity index (χ3n) is 2.54. The summed E-state index contributed by atoms with van der Waals surface area (Å²) >= 11 is 5.82. The lowest BCUT2D eigenvalue weighted by Crippen LogP contribution is -1.92. The first-order valence-electron chi connectivity index (χ1n) is 5.97. The largest absolute Gasteiger partial charge is 0.466 e. The predicted molar refractivity (Wildman–Crippen MR) is 80.1 cm³/mol. The van der Waals surface area contributed by atoms with Crippen LogP contribution >= 0.6 is 11.6 Å². The fourth-order valence-corrected chi connectivity index (χ4v) is 1.64. The van der Waals surface area contributed by atoms with Crippen LogP contribution in [0.2, 0.25) is 5.02 Å². The number of furan rings is 1. The fraction of sp³-hybridized carbons (Fsp3) is 0.0625. The molecule has 0 spiro atoms. The lowest BCUT2D eigenvalue weighted by atomic mass is 10.2. The van der Waals surface area contributed by atoms with Crippen LogP contribution in [0.4, 0.5) is 0 Å². The minimum atomic E-state index is -0.417. The molecular formula is C16H13ClO3. The number of methoxy groups -OCH3 is 1. The standard InChI is InChI=1S/C16H13ClO3/c1-19-16(18)11-10-15-9-8-14(20-15)7-4-12-2-5-13(17)6-3-12/h2-11H,1H3/b7-4+,11-10+. The van der Waals surface area contributed by atoms with Crippen molar-refractivity contribution in [3.63, 3.8) is 0 Å². The van der Waals surface area contributed by atoms with Crippen molar-refractivity contribution < 1.29 is 13.9 Å². The number of esters is 1. The van der Waals surface area contributed by atoms with Gasteiger partial charge >= 0.3 is 5.97 Å². The number of hydrogen-bond acceptors (Lipinski definition) is 3. The molecule has 20 heavy (non-hydrogen) atoms. The summed E-state index contributed by atoms with van der Waals surface area (Å²) in [6.07, 6.45) is 6.64. The van der Waals surface area contributed by atoms with Gasteiger partial charge in [0.15, 0.2) is 0 Å². The summed E-state index contributed by atoms with van der Waals surface area (Å²) in [4.78, 5) is 11.0. The number of carbonyl (C=O) groups excluding carboxylic acids is 1. The first-order chi connectivity index (χ1) is 9.67. The highest BCUT2D eigenvalue weighted by Gasteiger charge is 1.97. The van der Waals surface area contributed by atoms with E-state index < -0.39 is 5.97 Å². The predicted octanol–water partition coefficient (Wildman–Crippen LogP) is 4.29. The smallest absolute Gasteiger partial charge is 0.330 e. The van der Waals surface area contributed by atoms with Crippen molar-refractivity contribution in [2.75, 3.05) is 7.11 Å². The van der Waals surface area contributed by atoms with Crippen molar-refractivity contribution in [3.05, 3.63) is 64.6 Å². The van der Waals surface area contributed by atoms with Gasteiger partial charge in [0, 0.05) is 11.1 Å². The summed E-state index contributed by atoms with van der Waals surface area (Å²) in [5.41, 5.74) is 1.03. The molecule has 0 aliphatic heterocycles. The molecule has 0 saturated carbocycles. The monoisotopic (exact) mass is 288 g/mol. The first-order valence-corrected chi connectivity index (χ1v) is 6.35. The average molecular weight is 289 g/mol. The van der Waals surface area contributed by atoms with Crippen LogP contribution in [0.1, 0.15) is 17.1 Å². The molecule has 0 aliphatic carbocycles. The van der Waals surface area contributed by atoms with Crippen LogP contribution in [-0.4, -0.2) is 13.1 Å². The van der Waals surface area contributed by atoms with Gasteiger partial charge in [0.1, 0.15) is 11.5 Å². The molecule has 0 saturated heterocycles. The number of ether oxygens (including phenoxy) is 1. The molecule has 1 aromatic heterocycles. The van der Waals surface area contributed by atoms with Gasteiger partial charge in [0.2, 0.25) is 0 Å². The maximum absolute atomic E-state index is 11.0. The second-order valence-electron chi connectivity index (χ2n) is 3.98. The molecule has 1 heterocycles. The van der Waals surface area contributed by atoms with Crippen LogP contribution in [0.5, 0.6) is 0 Å². The Morgan fingerprint density at radius 1 is 1.05 bits per heavy atom. The summed E-state index contributed by atoms with van der Waals surface area (Å²) < 4.78 is 10.0. The van der Waals surface area contributed by atoms with E-state index in [9.17, 15) is 4.79 Å². The molecule has 0 bridgehead atoms. The Morgan fingerprint density at radius 3 is 2.35 bits per heavy atom. The summed E-state index contributed by atoms with van der Waals surface area (Å²) in [5, 5.41) is 0.704. The molecule has 0 fully saturated rings. The molecule has 0 aliphatic rings. The fourth-order valence-electron chi connectivity index (χ4n) is 1.52. The van der Waals surface area contributed by atoms with E-state index in [-0.39, 0.29) is 0 Å². The van der Waals surface area contributed by atoms with E-state index in [0.717, 1.165) is 5.56 Å². The average Bonchev–Trinajstić information content (AvgIpc) is 2.92. The SMILES string of the molecule is COC(=O)/C=C/c1ccc(/C=C/c2ccc(Cl)cc2)o1. The molecule has 4 heteroatoms. The number of halogens is 1. The van der Waals surface area contributed by atoms with Crippen molar-refractivity contribution in [1.29, 1.82) is 0 Å². The van der Waals surface area contributed by atoms with Gasteiger partial charge in [0.25, 0.3) is 0 Å². The minimum absolute atomic E-state index is 0.417. The molecule has 0 unspecified atom stereocenters. The summed E-state index contributed by atoms with van der Waals surface area (Å²) in [7, 11) is 1.33. The summed E-state index contributed by atoms with van der Waals surface area (Å²) in [6, 6.07) is 11.1. The van der Waals surface area contributed by atoms with Crippen LogP contribution in [0.25, 0.3) is 18.2 Å². The van der Waals surface area contributed by atoms with Crippen molar-refractivity contribution in [2.24, 2.45) is 0 Å². The molecule has 0 amide bonds. The van der Waals surface area contributed by atoms with Crippen LogP contribution in [-0.2, 0) is 9.53 Å². The highest BCUT2D eigenvalue weighted by molar-refractivity contribution is 6.30. The second kappa shape index (κ2) is 6.78. The molecule has 0 radical (unpaired) electrons. The topological polar surface area (TPSA) is 39.4 Å². The molecule has 2 rings (SSSR count). The molecule has 2 aromatic rings. The van der Waals surface area contributed by atoms with Gasteiger partial charge < -0.3 is 9.15 Å². The maximum atomic E-state index is 11.0. The van der Waals surface area contributed by atoms with E-state index in [1.807, 2.05) is 42.5 Å². The van der Waals surface area contributed by atoms with Gasteiger partial charge in [-0.15, -0.1) is 0 Å². The van der Waals surface area contributed by atoms with Crippen molar-refractivity contribution in [2.45, 2.75) is 0 Å². The van der Waals surface area contributed by atoms with E-state index >= 15 is 0 Å². The van der Waals surface area contributed by atoms with E-state index in [4.69, 9.17) is 16.0 Å². The molecular weight excluding hydrogens is 276 g/mol. The van der Waals surface area contributed by atoms with Crippen molar-refractivity contribution >= 4 is 35.8 Å². The van der Waals surface area contributed by atoms with Crippen molar-refractivity contribution in [1.82, 2.24) is 0 Å². The Labute approximate surface area is 122 Å². The third kappa shape index (κ3) is 4.14. The summed E-state index contributed by atoms with van der Waals surface area (Å²) in [5.74, 6) is 0.871. The highest BCUT2D eigenvalue weighted by Crippen LogP contribution is 2.15. The lowest BCUT2D eigenvalue weighted by Gasteiger charge is -1.92. The highest BCUT2D eigenvalue weighted by atomic mass is 35.5. The van der Waals surface area contributed by atoms with E-state index in [2.05, 4.69) is 4.74 Å². The van der Waals surface area contributed by atoms with E-state index in [1.54, 1.807) is 12.1 Å². The number of carbonyl (C=O) groups is 1. The Bertz CT molecular complexity index is 636. The molecule has 102 valence electrons. The van der Waals surface area contributed by atoms with Gasteiger partial charge in [-0.05, 0) is 42.0 Å². The third-order valence-corrected chi connectivity index (χ3v) is 2.79. The zero-order chi connectivity index (χ0) is 14.4. The van der Waals surface area contributed by atoms with Gasteiger partial charge in [-0.2, -0.15) is 0 Å². The van der Waals surface area contributed by atoms with Crippen LogP contribution in [0.15, 0.2) is 46.9 Å².